The van der Waals surface area contributed by atoms with E-state index in [-0.39, 0.29) is 36.3 Å². The van der Waals surface area contributed by atoms with Gasteiger partial charge in [-0.2, -0.15) is 13.2 Å². The number of aromatic nitrogens is 1. The monoisotopic (exact) mass is 557 g/mol. The quantitative estimate of drug-likeness (QED) is 0.369. The van der Waals surface area contributed by atoms with Crippen molar-refractivity contribution in [1.29, 1.82) is 0 Å². The van der Waals surface area contributed by atoms with Gasteiger partial charge in [-0.15, -0.1) is 0 Å². The number of Topliss-reactive ketones (excluding diaryl/α,β-unsaturated/α-hetero) is 1. The molecule has 0 aromatic carbocycles. The third-order valence-electron chi connectivity index (χ3n) is 8.23. The maximum atomic E-state index is 14.0. The highest BCUT2D eigenvalue weighted by Gasteiger charge is 2.49. The lowest BCUT2D eigenvalue weighted by Crippen LogP contribution is -2.46. The molecule has 39 heavy (non-hydrogen) atoms. The van der Waals surface area contributed by atoms with Gasteiger partial charge in [0.25, 0.3) is 0 Å². The van der Waals surface area contributed by atoms with Crippen molar-refractivity contribution in [3.63, 3.8) is 0 Å². The lowest BCUT2D eigenvalue weighted by Gasteiger charge is -2.34. The molecule has 2 aliphatic rings. The van der Waals surface area contributed by atoms with Crippen LogP contribution in [-0.2, 0) is 20.9 Å². The summed E-state index contributed by atoms with van der Waals surface area (Å²) in [5, 5.41) is 30.9. The van der Waals surface area contributed by atoms with Crippen LogP contribution in [0.5, 0.6) is 0 Å². The number of carbonyl (C=O) groups is 2. The summed E-state index contributed by atoms with van der Waals surface area (Å²) in [6.07, 6.45) is -5.09. The molecular weight excluding hydrogens is 519 g/mol. The van der Waals surface area contributed by atoms with Crippen LogP contribution in [0.1, 0.15) is 71.9 Å². The summed E-state index contributed by atoms with van der Waals surface area (Å²) in [6, 6.07) is 0. The van der Waals surface area contributed by atoms with E-state index in [2.05, 4.69) is 4.98 Å². The topological polar surface area (TPSA) is 130 Å². The SMILES string of the molecule is CC(=Cc1coc(CO)n1)[C@H]1C/C=C(/C(F)(F)F)CC2CC2[C@H](C)[C@H](O)[C@@H](C)C(=O)C(C)(C)[C@@H](O)CC(=O)O1. The highest BCUT2D eigenvalue weighted by atomic mass is 19.4. The Morgan fingerprint density at radius 2 is 1.87 bits per heavy atom. The highest BCUT2D eigenvalue weighted by molar-refractivity contribution is 5.88. The number of aliphatic hydroxyl groups excluding tert-OH is 3. The summed E-state index contributed by atoms with van der Waals surface area (Å²) >= 11 is 0. The first-order valence-corrected chi connectivity index (χ1v) is 13.2. The van der Waals surface area contributed by atoms with Crippen molar-refractivity contribution >= 4 is 17.8 Å². The molecule has 3 rings (SSSR count). The van der Waals surface area contributed by atoms with E-state index < -0.39 is 72.1 Å². The second-order valence-electron chi connectivity index (χ2n) is 11.5. The zero-order chi connectivity index (χ0) is 29.3. The van der Waals surface area contributed by atoms with E-state index in [1.807, 2.05) is 0 Å². The van der Waals surface area contributed by atoms with Crippen LogP contribution in [0.2, 0.25) is 0 Å². The van der Waals surface area contributed by atoms with Crippen LogP contribution in [0.15, 0.2) is 27.9 Å². The minimum Gasteiger partial charge on any atom is -0.457 e. The molecule has 0 radical (unpaired) electrons. The molecule has 1 aromatic rings. The van der Waals surface area contributed by atoms with Gasteiger partial charge in [-0.05, 0) is 49.2 Å². The van der Waals surface area contributed by atoms with Gasteiger partial charge in [0.15, 0.2) is 0 Å². The fourth-order valence-corrected chi connectivity index (χ4v) is 5.35. The molecule has 11 heteroatoms. The van der Waals surface area contributed by atoms with E-state index in [1.54, 1.807) is 13.8 Å². The first kappa shape index (κ1) is 31.0. The first-order chi connectivity index (χ1) is 18.1. The summed E-state index contributed by atoms with van der Waals surface area (Å²) < 4.78 is 52.5. The molecule has 0 saturated heterocycles. The standard InChI is InChI=1S/C28H38F3NO7/c1-14(8-19-13-38-23(12-33)32-19)21-7-6-18(28(29,30)31)9-17-10-20(17)15(2)25(36)16(3)26(37)27(4,5)22(34)11-24(35)39-21/h6,8,13,15-17,20-22,25,33-34,36H,7,9-12H2,1-5H3/b14-8?,18-6+/t15-,16+,17?,20?,21+,22-,25-/m0/s1. The van der Waals surface area contributed by atoms with Crippen LogP contribution < -0.4 is 0 Å². The second-order valence-corrected chi connectivity index (χ2v) is 11.5. The van der Waals surface area contributed by atoms with Gasteiger partial charge in [-0.3, -0.25) is 9.59 Å². The van der Waals surface area contributed by atoms with Gasteiger partial charge < -0.3 is 24.5 Å². The smallest absolute Gasteiger partial charge is 0.412 e. The third-order valence-corrected chi connectivity index (χ3v) is 8.23. The Labute approximate surface area is 225 Å². The first-order valence-electron chi connectivity index (χ1n) is 13.2. The van der Waals surface area contributed by atoms with E-state index in [1.165, 1.54) is 33.1 Å². The largest absolute Gasteiger partial charge is 0.457 e. The fourth-order valence-electron chi connectivity index (χ4n) is 5.35. The number of cyclic esters (lactones) is 1. The van der Waals surface area contributed by atoms with Gasteiger partial charge in [-0.1, -0.05) is 33.8 Å². The van der Waals surface area contributed by atoms with Crippen molar-refractivity contribution in [2.45, 2.75) is 91.4 Å². The van der Waals surface area contributed by atoms with E-state index in [4.69, 9.17) is 14.3 Å². The average Bonchev–Trinajstić information content (AvgIpc) is 3.49. The molecule has 0 bridgehead atoms. The van der Waals surface area contributed by atoms with Crippen molar-refractivity contribution in [1.82, 2.24) is 4.98 Å². The molecule has 1 aliphatic carbocycles. The van der Waals surface area contributed by atoms with Crippen molar-refractivity contribution in [2.75, 3.05) is 0 Å². The zero-order valence-corrected chi connectivity index (χ0v) is 22.9. The summed E-state index contributed by atoms with van der Waals surface area (Å²) in [7, 11) is 0. The van der Waals surface area contributed by atoms with E-state index in [0.717, 1.165) is 6.08 Å². The molecule has 1 aromatic heterocycles. The Hall–Kier alpha value is -2.50. The Kier molecular flexibility index (Phi) is 9.50. The Morgan fingerprint density at radius 3 is 2.46 bits per heavy atom. The molecule has 1 saturated carbocycles. The maximum Gasteiger partial charge on any atom is 0.412 e. The van der Waals surface area contributed by atoms with Gasteiger partial charge in [0.2, 0.25) is 5.89 Å². The number of aliphatic hydroxyl groups is 3. The summed E-state index contributed by atoms with van der Waals surface area (Å²) in [5.74, 6) is -3.08. The number of hydrogen-bond donors (Lipinski definition) is 3. The Morgan fingerprint density at radius 1 is 1.21 bits per heavy atom. The molecule has 2 unspecified atom stereocenters. The molecule has 1 aliphatic heterocycles. The number of carbonyl (C=O) groups excluding carboxylic acids is 2. The van der Waals surface area contributed by atoms with Crippen molar-refractivity contribution in [3.05, 3.63) is 35.1 Å². The molecule has 0 spiro atoms. The molecular formula is C28H38F3NO7. The number of nitrogens with zero attached hydrogens (tertiary/aromatic N) is 1. The fraction of sp³-hybridized carbons (Fsp3) is 0.679. The predicted octanol–water partition coefficient (Wildman–Crippen LogP) is 4.38. The molecule has 7 atom stereocenters. The number of allylic oxidation sites excluding steroid dienone is 1. The van der Waals surface area contributed by atoms with Gasteiger partial charge in [0.1, 0.15) is 30.5 Å². The van der Waals surface area contributed by atoms with Gasteiger partial charge >= 0.3 is 12.1 Å². The second kappa shape index (κ2) is 11.9. The number of ketones is 1. The summed E-state index contributed by atoms with van der Waals surface area (Å²) in [5.41, 5.74) is -1.47. The lowest BCUT2D eigenvalue weighted by atomic mass is 9.72. The molecule has 1 fully saturated rings. The number of esters is 1. The highest BCUT2D eigenvalue weighted by Crippen LogP contribution is 2.51. The number of alkyl halides is 3. The normalized spacial score (nSPS) is 34.6. The Balaban J connectivity index is 1.98. The number of oxazole rings is 1. The van der Waals surface area contributed by atoms with E-state index in [0.29, 0.717) is 12.0 Å². The number of halogens is 3. The molecule has 3 N–H and O–H groups in total. The zero-order valence-electron chi connectivity index (χ0n) is 22.9. The van der Waals surface area contributed by atoms with Crippen molar-refractivity contribution in [3.8, 4) is 0 Å². The molecule has 218 valence electrons. The molecule has 2 heterocycles. The van der Waals surface area contributed by atoms with E-state index >= 15 is 0 Å². The third kappa shape index (κ3) is 7.37. The minimum atomic E-state index is -4.60. The van der Waals surface area contributed by atoms with Crippen LogP contribution in [0.25, 0.3) is 6.08 Å². The van der Waals surface area contributed by atoms with Crippen LogP contribution in [0.4, 0.5) is 13.2 Å². The minimum absolute atomic E-state index is 0.0471. The van der Waals surface area contributed by atoms with Crippen LogP contribution in [0, 0.1) is 29.1 Å². The lowest BCUT2D eigenvalue weighted by molar-refractivity contribution is -0.154. The summed E-state index contributed by atoms with van der Waals surface area (Å²) in [4.78, 5) is 30.1. The maximum absolute atomic E-state index is 14.0. The van der Waals surface area contributed by atoms with Gasteiger partial charge in [0.05, 0.1) is 24.0 Å². The van der Waals surface area contributed by atoms with Crippen LogP contribution in [0.3, 0.4) is 0 Å². The molecule has 0 amide bonds. The van der Waals surface area contributed by atoms with Crippen molar-refractivity contribution in [2.24, 2.45) is 29.1 Å². The number of ether oxygens (including phenoxy) is 1. The van der Waals surface area contributed by atoms with Crippen LogP contribution in [-0.4, -0.2) is 56.5 Å². The Bertz CT molecular complexity index is 1110. The number of fused-ring (bicyclic) bond motifs is 1. The van der Waals surface area contributed by atoms with Gasteiger partial charge in [-0.25, -0.2) is 4.98 Å². The van der Waals surface area contributed by atoms with Gasteiger partial charge in [0, 0.05) is 17.9 Å². The summed E-state index contributed by atoms with van der Waals surface area (Å²) in [6.45, 7) is 7.38. The van der Waals surface area contributed by atoms with E-state index in [9.17, 15) is 33.0 Å². The molecule has 8 nitrogen and oxygen atoms in total. The van der Waals surface area contributed by atoms with Crippen molar-refractivity contribution < 1.29 is 47.2 Å². The number of rotatable bonds is 3. The average molecular weight is 558 g/mol. The van der Waals surface area contributed by atoms with Crippen LogP contribution >= 0.6 is 0 Å². The number of hydrogen-bond acceptors (Lipinski definition) is 8. The predicted molar refractivity (Wildman–Crippen MR) is 135 cm³/mol.